The maximum Gasteiger partial charge on any atom is 0.245 e. The Hall–Kier alpha value is -1.18. The molecule has 0 aliphatic carbocycles. The summed E-state index contributed by atoms with van der Waals surface area (Å²) in [6.07, 6.45) is 0. The number of carbonyl (C=O) groups is 1. The molecule has 2 heterocycles. The lowest BCUT2D eigenvalue weighted by Crippen LogP contribution is -2.47. The van der Waals surface area contributed by atoms with Crippen molar-refractivity contribution in [2.24, 2.45) is 0 Å². The first-order chi connectivity index (χ1) is 9.08. The number of aromatic nitrogens is 3. The summed E-state index contributed by atoms with van der Waals surface area (Å²) in [4.78, 5) is 17.8. The Bertz CT molecular complexity index is 467. The maximum absolute atomic E-state index is 12.2. The predicted molar refractivity (Wildman–Crippen MR) is 70.3 cm³/mol. The second-order valence-corrected chi connectivity index (χ2v) is 4.72. The predicted octanol–water partition coefficient (Wildman–Crippen LogP) is 0.838. The number of halogens is 2. The highest BCUT2D eigenvalue weighted by molar-refractivity contribution is 6.32. The second kappa shape index (κ2) is 6.31. The Morgan fingerprint density at radius 3 is 2.74 bits per heavy atom. The molecule has 19 heavy (non-hydrogen) atoms. The van der Waals surface area contributed by atoms with Gasteiger partial charge in [0.25, 0.3) is 0 Å². The third-order valence-corrected chi connectivity index (χ3v) is 3.08. The van der Waals surface area contributed by atoms with Gasteiger partial charge in [0.1, 0.15) is 6.04 Å². The van der Waals surface area contributed by atoms with E-state index in [4.69, 9.17) is 27.9 Å². The quantitative estimate of drug-likeness (QED) is 0.891. The third-order valence-electron chi connectivity index (χ3n) is 2.67. The molecule has 1 N–H and O–H groups in total. The molecule has 1 amide bonds. The molecule has 1 aliphatic rings. The molecular weight excluding hydrogens is 293 g/mol. The summed E-state index contributed by atoms with van der Waals surface area (Å²) in [5.41, 5.74) is 0. The number of ether oxygens (including phenoxy) is 1. The number of carbonyl (C=O) groups excluding carboxylic acids is 1. The fraction of sp³-hybridized carbons (Fsp3) is 0.600. The van der Waals surface area contributed by atoms with Crippen molar-refractivity contribution >= 4 is 34.9 Å². The van der Waals surface area contributed by atoms with Crippen LogP contribution in [0.25, 0.3) is 0 Å². The average Bonchev–Trinajstić information content (AvgIpc) is 2.43. The van der Waals surface area contributed by atoms with E-state index < -0.39 is 6.04 Å². The molecule has 1 atom stereocenters. The highest BCUT2D eigenvalue weighted by atomic mass is 35.5. The van der Waals surface area contributed by atoms with Gasteiger partial charge in [0.15, 0.2) is 11.0 Å². The second-order valence-electron chi connectivity index (χ2n) is 4.02. The lowest BCUT2D eigenvalue weighted by Gasteiger charge is -2.29. The van der Waals surface area contributed by atoms with Crippen LogP contribution in [0.4, 0.5) is 5.82 Å². The maximum atomic E-state index is 12.2. The monoisotopic (exact) mass is 305 g/mol. The van der Waals surface area contributed by atoms with Gasteiger partial charge in [-0.1, -0.05) is 11.6 Å². The SMILES string of the molecule is CC(Nc1nc(Cl)nnc1Cl)C(=O)N1CCOCC1. The van der Waals surface area contributed by atoms with Gasteiger partial charge in [-0.2, -0.15) is 4.98 Å². The Morgan fingerprint density at radius 2 is 2.05 bits per heavy atom. The molecule has 1 fully saturated rings. The summed E-state index contributed by atoms with van der Waals surface area (Å²) >= 11 is 11.5. The van der Waals surface area contributed by atoms with Crippen LogP contribution in [-0.4, -0.2) is 58.3 Å². The standard InChI is InChI=1S/C10H13Cl2N5O2/c1-6(9(18)17-2-4-19-5-3-17)13-8-7(11)15-16-10(12)14-8/h6H,2-5H2,1H3,(H,13,14,16). The van der Waals surface area contributed by atoms with Crippen LogP contribution in [0.5, 0.6) is 0 Å². The normalized spacial score (nSPS) is 17.1. The fourth-order valence-corrected chi connectivity index (χ4v) is 1.97. The van der Waals surface area contributed by atoms with Gasteiger partial charge in [0.2, 0.25) is 11.2 Å². The summed E-state index contributed by atoms with van der Waals surface area (Å²) in [5, 5.41) is 10.1. The lowest BCUT2D eigenvalue weighted by atomic mass is 10.2. The molecule has 1 aromatic rings. The molecule has 1 aromatic heterocycles. The smallest absolute Gasteiger partial charge is 0.245 e. The van der Waals surface area contributed by atoms with Crippen LogP contribution < -0.4 is 5.32 Å². The van der Waals surface area contributed by atoms with Gasteiger partial charge < -0.3 is 15.0 Å². The molecule has 1 saturated heterocycles. The first-order valence-corrected chi connectivity index (χ1v) is 6.52. The Morgan fingerprint density at radius 1 is 1.37 bits per heavy atom. The van der Waals surface area contributed by atoms with Crippen LogP contribution in [0.3, 0.4) is 0 Å². The molecule has 0 saturated carbocycles. The highest BCUT2D eigenvalue weighted by Gasteiger charge is 2.23. The number of morpholine rings is 1. The van der Waals surface area contributed by atoms with Crippen LogP contribution in [0.1, 0.15) is 6.92 Å². The van der Waals surface area contributed by atoms with E-state index in [0.29, 0.717) is 26.3 Å². The molecule has 0 bridgehead atoms. The van der Waals surface area contributed by atoms with Crippen LogP contribution >= 0.6 is 23.2 Å². The van der Waals surface area contributed by atoms with Crippen molar-refractivity contribution in [2.75, 3.05) is 31.6 Å². The van der Waals surface area contributed by atoms with Crippen LogP contribution in [0.15, 0.2) is 0 Å². The van der Waals surface area contributed by atoms with Crippen molar-refractivity contribution in [1.82, 2.24) is 20.1 Å². The number of rotatable bonds is 3. The molecule has 9 heteroatoms. The molecule has 0 radical (unpaired) electrons. The molecule has 7 nitrogen and oxygen atoms in total. The van der Waals surface area contributed by atoms with Gasteiger partial charge in [-0.05, 0) is 18.5 Å². The molecule has 2 rings (SSSR count). The van der Waals surface area contributed by atoms with Gasteiger partial charge >= 0.3 is 0 Å². The van der Waals surface area contributed by atoms with E-state index in [1.165, 1.54) is 0 Å². The van der Waals surface area contributed by atoms with E-state index in [1.54, 1.807) is 11.8 Å². The summed E-state index contributed by atoms with van der Waals surface area (Å²) in [6.45, 7) is 4.01. The lowest BCUT2D eigenvalue weighted by molar-refractivity contribution is -0.135. The number of anilines is 1. The molecular formula is C10H13Cl2N5O2. The molecule has 0 spiro atoms. The zero-order chi connectivity index (χ0) is 13.8. The number of amides is 1. The Labute approximate surface area is 120 Å². The average molecular weight is 306 g/mol. The van der Waals surface area contributed by atoms with Gasteiger partial charge in [-0.25, -0.2) is 0 Å². The summed E-state index contributed by atoms with van der Waals surface area (Å²) in [5.74, 6) is 0.199. The number of hydrogen-bond donors (Lipinski definition) is 1. The van der Waals surface area contributed by atoms with Gasteiger partial charge in [0.05, 0.1) is 13.2 Å². The molecule has 1 aliphatic heterocycles. The molecule has 104 valence electrons. The Balaban J connectivity index is 2.01. The Kier molecular flexibility index (Phi) is 4.73. The van der Waals surface area contributed by atoms with E-state index in [-0.39, 0.29) is 22.2 Å². The van der Waals surface area contributed by atoms with E-state index in [2.05, 4.69) is 20.5 Å². The number of hydrogen-bond acceptors (Lipinski definition) is 6. The third kappa shape index (κ3) is 3.65. The zero-order valence-corrected chi connectivity index (χ0v) is 11.8. The van der Waals surface area contributed by atoms with Crippen molar-refractivity contribution in [3.63, 3.8) is 0 Å². The summed E-state index contributed by atoms with van der Waals surface area (Å²) < 4.78 is 5.20. The van der Waals surface area contributed by atoms with Crippen molar-refractivity contribution in [3.8, 4) is 0 Å². The van der Waals surface area contributed by atoms with Gasteiger partial charge in [0, 0.05) is 13.1 Å². The van der Waals surface area contributed by atoms with E-state index in [9.17, 15) is 4.79 Å². The molecule has 0 aromatic carbocycles. The minimum atomic E-state index is -0.483. The van der Waals surface area contributed by atoms with E-state index in [0.717, 1.165) is 0 Å². The minimum Gasteiger partial charge on any atom is -0.378 e. The van der Waals surface area contributed by atoms with Crippen LogP contribution in [0.2, 0.25) is 10.4 Å². The fourth-order valence-electron chi connectivity index (χ4n) is 1.71. The van der Waals surface area contributed by atoms with Crippen molar-refractivity contribution in [3.05, 3.63) is 10.4 Å². The van der Waals surface area contributed by atoms with Crippen molar-refractivity contribution in [2.45, 2.75) is 13.0 Å². The van der Waals surface area contributed by atoms with E-state index in [1.807, 2.05) is 0 Å². The molecule has 1 unspecified atom stereocenters. The number of nitrogens with one attached hydrogen (secondary N) is 1. The van der Waals surface area contributed by atoms with Gasteiger partial charge in [-0.15, -0.1) is 10.2 Å². The van der Waals surface area contributed by atoms with Gasteiger partial charge in [-0.3, -0.25) is 4.79 Å². The minimum absolute atomic E-state index is 0.0297. The summed E-state index contributed by atoms with van der Waals surface area (Å²) in [7, 11) is 0. The first kappa shape index (κ1) is 14.2. The summed E-state index contributed by atoms with van der Waals surface area (Å²) in [6, 6.07) is -0.483. The van der Waals surface area contributed by atoms with Crippen LogP contribution in [0, 0.1) is 0 Å². The topological polar surface area (TPSA) is 80.2 Å². The van der Waals surface area contributed by atoms with E-state index >= 15 is 0 Å². The first-order valence-electron chi connectivity index (χ1n) is 5.76. The van der Waals surface area contributed by atoms with Crippen LogP contribution in [-0.2, 0) is 9.53 Å². The largest absolute Gasteiger partial charge is 0.378 e. The highest BCUT2D eigenvalue weighted by Crippen LogP contribution is 2.18. The van der Waals surface area contributed by atoms with Crippen molar-refractivity contribution < 1.29 is 9.53 Å². The van der Waals surface area contributed by atoms with Crippen molar-refractivity contribution in [1.29, 1.82) is 0 Å². The number of nitrogens with zero attached hydrogens (tertiary/aromatic N) is 4. The zero-order valence-electron chi connectivity index (χ0n) is 10.3.